The molecular weight excluding hydrogens is 1690 g/mol. The van der Waals surface area contributed by atoms with Crippen LogP contribution in [0.4, 0.5) is 20.6 Å². The zero-order valence-corrected chi connectivity index (χ0v) is 76.6. The van der Waals surface area contributed by atoms with Crippen molar-refractivity contribution < 1.29 is 89.7 Å². The summed E-state index contributed by atoms with van der Waals surface area (Å²) >= 11 is 0. The number of carbonyl (C=O) groups is 10. The van der Waals surface area contributed by atoms with Gasteiger partial charge in [-0.3, -0.25) is 48.1 Å². The van der Waals surface area contributed by atoms with E-state index in [-0.39, 0.29) is 194 Å². The number of aliphatic hydroxyl groups is 1. The van der Waals surface area contributed by atoms with Gasteiger partial charge in [0.25, 0.3) is 5.56 Å². The number of cyclic esters (lactones) is 1. The quantitative estimate of drug-likeness (QED) is 0.00613. The SMILES string of the molecule is CC[C@@]1(O)C(=O)OCc2c1cc1n(c2=O)Cc2c-1nc1cc(F)c(C)c3c1c2[C@@H](NC(=O)OCc1ccc(NC(=O)[C@H](CCCCN)NC(=O)[C@@H](NC(=O)CCOCCn2nnc4c2-c2ccccc2CN(C(=O)CCNC(=O)CCOCCCC(=O)CCN2C(=O)C5C6C=CC(C6CCC[Si](OC(C)C)(OC(C)C)OC(C)C)C5C2=O)c2ccccc2-4)C(C)C)cc1)CC3. The number of Topliss-reactive ketones (excluding diaryl/α,β-unsaturated/α-hetero) is 1. The number of allylic oxidation sites excluding steroid dienone is 2. The number of ether oxygens (including phenoxy) is 4. The molecule has 4 unspecified atom stereocenters. The maximum atomic E-state index is 15.6. The van der Waals surface area contributed by atoms with Crippen LogP contribution in [0, 0.1) is 48.2 Å². The molecule has 1 saturated heterocycles. The first-order valence-corrected chi connectivity index (χ1v) is 47.7. The molecule has 14 rings (SSSR count). The first kappa shape index (κ1) is 95.0. The highest BCUT2D eigenvalue weighted by molar-refractivity contribution is 6.60. The van der Waals surface area contributed by atoms with Gasteiger partial charge in [0.05, 0.1) is 91.2 Å². The number of para-hydroxylation sites is 1. The molecule has 7 heterocycles. The topological polar surface area (TPSA) is 414 Å². The van der Waals surface area contributed by atoms with E-state index in [1.54, 1.807) is 67.6 Å². The molecule has 2 fully saturated rings. The Hall–Kier alpha value is -11.1. The van der Waals surface area contributed by atoms with Gasteiger partial charge in [-0.05, 0) is 189 Å². The van der Waals surface area contributed by atoms with Crippen molar-refractivity contribution in [3.8, 4) is 33.9 Å². The van der Waals surface area contributed by atoms with Gasteiger partial charge in [-0.25, -0.2) is 23.6 Å². The summed E-state index contributed by atoms with van der Waals surface area (Å²) in [5.74, 6) is -5.01. The maximum absolute atomic E-state index is 15.6. The Labute approximate surface area is 756 Å². The zero-order valence-electron chi connectivity index (χ0n) is 75.6. The fraction of sp³-hybridized carbons (Fsp3) is 0.521. The lowest BCUT2D eigenvalue weighted by molar-refractivity contribution is -0.172. The van der Waals surface area contributed by atoms with E-state index in [1.807, 2.05) is 90.1 Å². The molecule has 1 saturated carbocycles. The lowest BCUT2D eigenvalue weighted by Gasteiger charge is -2.35. The number of imide groups is 1. The van der Waals surface area contributed by atoms with Crippen LogP contribution in [0.2, 0.25) is 6.04 Å². The van der Waals surface area contributed by atoms with Crippen molar-refractivity contribution in [2.75, 3.05) is 56.3 Å². The van der Waals surface area contributed by atoms with Crippen LogP contribution in [0.3, 0.4) is 0 Å². The highest BCUT2D eigenvalue weighted by Gasteiger charge is 2.63. The summed E-state index contributed by atoms with van der Waals surface area (Å²) < 4.78 is 60.9. The van der Waals surface area contributed by atoms with Gasteiger partial charge in [0, 0.05) is 116 Å². The van der Waals surface area contributed by atoms with Crippen molar-refractivity contribution in [3.63, 3.8) is 0 Å². The first-order chi connectivity index (χ1) is 62.4. The third-order valence-corrected chi connectivity index (χ3v) is 29.2. The van der Waals surface area contributed by atoms with Gasteiger partial charge < -0.3 is 79.1 Å². The average Bonchev–Trinajstić information content (AvgIpc) is 1.53. The number of anilines is 2. The number of benzene rings is 4. The van der Waals surface area contributed by atoms with Gasteiger partial charge in [-0.2, -0.15) is 0 Å². The van der Waals surface area contributed by atoms with Gasteiger partial charge in [-0.1, -0.05) is 92.7 Å². The first-order valence-electron chi connectivity index (χ1n) is 45.8. The Bertz CT molecular complexity index is 5480. The highest BCUT2D eigenvalue weighted by atomic mass is 28.4. The molecule has 3 aromatic heterocycles. The smallest absolute Gasteiger partial charge is 0.458 e. The summed E-state index contributed by atoms with van der Waals surface area (Å²) in [4.78, 5) is 159. The Balaban J connectivity index is 0.501. The number of nitrogens with zero attached hydrogens (tertiary/aromatic N) is 7. The molecule has 130 heavy (non-hydrogen) atoms. The molecule has 32 nitrogen and oxygen atoms in total. The number of esters is 1. The number of fused-ring (bicyclic) bond motifs is 15. The van der Waals surface area contributed by atoms with Crippen LogP contribution in [0.15, 0.2) is 102 Å². The second-order valence-electron chi connectivity index (χ2n) is 36.0. The van der Waals surface area contributed by atoms with Crippen molar-refractivity contribution in [2.24, 2.45) is 41.2 Å². The van der Waals surface area contributed by atoms with E-state index in [2.05, 4.69) is 49.0 Å². The predicted molar refractivity (Wildman–Crippen MR) is 481 cm³/mol. The van der Waals surface area contributed by atoms with Gasteiger partial charge in [-0.15, -0.1) is 5.10 Å². The molecule has 8 N–H and O–H groups in total. The number of unbranched alkanes of at least 4 members (excludes halogenated alkanes) is 1. The number of nitrogens with two attached hydrogens (primary N) is 1. The number of rotatable bonds is 43. The number of hydrogen-bond acceptors (Lipinski definition) is 23. The molecule has 694 valence electrons. The number of ketones is 1. The fourth-order valence-electron chi connectivity index (χ4n) is 19.5. The van der Waals surface area contributed by atoms with E-state index < -0.39 is 91.4 Å². The second-order valence-corrected chi connectivity index (χ2v) is 38.6. The molecule has 2 bridgehead atoms. The largest absolute Gasteiger partial charge is 0.501 e. The number of aryl methyl sites for hydroxylation is 1. The number of carbonyl (C=O) groups excluding carboxylic acids is 10. The van der Waals surface area contributed by atoms with E-state index in [1.165, 1.54) is 15.5 Å². The lowest BCUT2D eigenvalue weighted by Crippen LogP contribution is -2.54. The lowest BCUT2D eigenvalue weighted by atomic mass is 9.81. The minimum absolute atomic E-state index is 0.00763. The highest BCUT2D eigenvalue weighted by Crippen LogP contribution is 2.58. The van der Waals surface area contributed by atoms with Crippen LogP contribution < -0.4 is 42.8 Å². The Morgan fingerprint density at radius 2 is 1.41 bits per heavy atom. The number of pyridine rings is 2. The zero-order chi connectivity index (χ0) is 92.6. The van der Waals surface area contributed by atoms with Crippen LogP contribution >= 0.6 is 0 Å². The van der Waals surface area contributed by atoms with Crippen molar-refractivity contribution in [1.29, 1.82) is 0 Å². The molecular formula is C96H120FN13O19Si. The van der Waals surface area contributed by atoms with E-state index >= 15 is 4.39 Å². The fourth-order valence-corrected chi connectivity index (χ4v) is 22.9. The minimum Gasteiger partial charge on any atom is -0.458 e. The van der Waals surface area contributed by atoms with E-state index in [9.17, 15) is 57.8 Å². The summed E-state index contributed by atoms with van der Waals surface area (Å²) in [7, 11) is -3.01. The van der Waals surface area contributed by atoms with Crippen LogP contribution in [0.25, 0.3) is 44.8 Å². The molecule has 3 aliphatic carbocycles. The van der Waals surface area contributed by atoms with Crippen molar-refractivity contribution in [2.45, 2.75) is 240 Å². The third kappa shape index (κ3) is 20.6. The molecule has 34 heteroatoms. The van der Waals surface area contributed by atoms with Gasteiger partial charge in [0.2, 0.25) is 41.4 Å². The van der Waals surface area contributed by atoms with Crippen LogP contribution in [-0.4, -0.2) is 179 Å². The van der Waals surface area contributed by atoms with Gasteiger partial charge in [0.1, 0.15) is 42.6 Å². The number of hydrogen-bond donors (Lipinski definition) is 7. The van der Waals surface area contributed by atoms with E-state index in [0.29, 0.717) is 118 Å². The van der Waals surface area contributed by atoms with Gasteiger partial charge >= 0.3 is 20.9 Å². The maximum Gasteiger partial charge on any atom is 0.501 e. The predicted octanol–water partition coefficient (Wildman–Crippen LogP) is 10.7. The molecule has 0 radical (unpaired) electrons. The van der Waals surface area contributed by atoms with Crippen LogP contribution in [0.5, 0.6) is 0 Å². The summed E-state index contributed by atoms with van der Waals surface area (Å²) in [6.07, 6.45) is 7.48. The van der Waals surface area contributed by atoms with Crippen molar-refractivity contribution in [1.82, 2.24) is 50.7 Å². The molecule has 8 atom stereocenters. The van der Waals surface area contributed by atoms with Crippen molar-refractivity contribution >= 4 is 90.3 Å². The Kier molecular flexibility index (Phi) is 30.4. The number of aromatic nitrogens is 5. The van der Waals surface area contributed by atoms with Gasteiger partial charge in [0.15, 0.2) is 5.60 Å². The summed E-state index contributed by atoms with van der Waals surface area (Å²) in [5.41, 5.74) is 12.2. The van der Waals surface area contributed by atoms with Crippen LogP contribution in [-0.2, 0) is 120 Å². The molecule has 4 aliphatic heterocycles. The number of likely N-dealkylation sites (tertiary alicyclic amines) is 1. The Morgan fingerprint density at radius 1 is 0.723 bits per heavy atom. The Morgan fingerprint density at radius 3 is 2.10 bits per heavy atom. The van der Waals surface area contributed by atoms with Crippen LogP contribution in [0.1, 0.15) is 196 Å². The number of halogens is 1. The monoisotopic (exact) mass is 1810 g/mol. The number of amides is 8. The molecule has 8 amide bonds. The molecule has 7 aromatic rings. The molecule has 4 aromatic carbocycles. The summed E-state index contributed by atoms with van der Waals surface area (Å²) in [5, 5.41) is 35.9. The van der Waals surface area contributed by atoms with E-state index in [0.717, 1.165) is 29.5 Å². The summed E-state index contributed by atoms with van der Waals surface area (Å²) in [6, 6.07) is 22.6. The summed E-state index contributed by atoms with van der Waals surface area (Å²) in [6.45, 7) is 19.7. The minimum atomic E-state index is -3.01. The number of alkyl carbamates (subject to hydrolysis) is 1. The van der Waals surface area contributed by atoms with Crippen molar-refractivity contribution in [3.05, 3.63) is 158 Å². The van der Waals surface area contributed by atoms with E-state index in [4.69, 9.17) is 42.9 Å². The standard InChI is InChI=1S/C96H120FN13O19Si/c1-11-96(122)71-48-77-86-69(51-109(77)91(117)70(71)53-125-94(96)120)82-73(34-33-63-58(10)72(97)49-75(101-86)81(63)82)103-95(121)126-52-59-27-29-61(30-28-59)100-89(115)74(25-16-17-39-98)102-90(116)85(54(2)3)104-79(113)38-45-124-46-42-110-88-64-22-13-12-20-60(64)50-108(76-26-15-14-23-68(76)87(88)105-106-110)80(114)35-40-99-78(112)37-44-123-43-18-21-62(111)36-41-107-92(118)83-66-31-32-67(84(83)93(107)119)65(66)24-19-47-130(127-55(4)5,128-56(6)7)129-57(8)9/h12-15,20,22-23,26-32,48-49,54-57,65-67,73-74,83-85,122H,11,16-19,21,24-25,33-47,50-53,98H2,1-10H3,(H,99,112)(H,100,115)(H,102,116)(H,103,121)(H,104,113)/t65?,66?,67?,73-,74-,83?,84?,85-,96-/m0/s1. The normalized spacial score (nSPS) is 19.6. The average molecular weight is 1810 g/mol. The second kappa shape index (κ2) is 41.5. The number of nitrogens with one attached hydrogen (secondary N) is 5. The molecule has 7 aliphatic rings. The third-order valence-electron chi connectivity index (χ3n) is 25.7. The molecule has 0 spiro atoms.